The second-order valence-corrected chi connectivity index (χ2v) is 5.11. The van der Waals surface area contributed by atoms with Gasteiger partial charge in [0.15, 0.2) is 0 Å². The first-order chi connectivity index (χ1) is 9.77. The lowest BCUT2D eigenvalue weighted by Gasteiger charge is -2.14. The maximum absolute atomic E-state index is 13.5. The Labute approximate surface area is 124 Å². The fraction of sp³-hybridized carbons (Fsp3) is 0.200. The van der Waals surface area contributed by atoms with Gasteiger partial charge in [-0.25, -0.2) is 4.39 Å². The van der Waals surface area contributed by atoms with Crippen molar-refractivity contribution in [2.45, 2.75) is 18.6 Å². The SMILES string of the molecule is NC(Cc1ccc(Cl)cc1)c1ccc(C(F)(F)F)c(F)c1. The fourth-order valence-corrected chi connectivity index (χ4v) is 2.11. The molecule has 6 heteroatoms. The molecule has 0 aliphatic heterocycles. The summed E-state index contributed by atoms with van der Waals surface area (Å²) in [6.45, 7) is 0. The van der Waals surface area contributed by atoms with Gasteiger partial charge >= 0.3 is 6.18 Å². The Morgan fingerprint density at radius 2 is 1.67 bits per heavy atom. The molecule has 0 saturated heterocycles. The lowest BCUT2D eigenvalue weighted by molar-refractivity contribution is -0.140. The van der Waals surface area contributed by atoms with Gasteiger partial charge < -0.3 is 5.73 Å². The molecule has 0 aromatic heterocycles. The summed E-state index contributed by atoms with van der Waals surface area (Å²) < 4.78 is 51.0. The van der Waals surface area contributed by atoms with Gasteiger partial charge in [0.25, 0.3) is 0 Å². The molecule has 112 valence electrons. The van der Waals surface area contributed by atoms with Crippen molar-refractivity contribution in [1.29, 1.82) is 0 Å². The Bertz CT molecular complexity index is 623. The van der Waals surface area contributed by atoms with Crippen molar-refractivity contribution in [1.82, 2.24) is 0 Å². The average Bonchev–Trinajstić information content (AvgIpc) is 2.39. The smallest absolute Gasteiger partial charge is 0.324 e. The minimum Gasteiger partial charge on any atom is -0.324 e. The first-order valence-corrected chi connectivity index (χ1v) is 6.52. The zero-order valence-corrected chi connectivity index (χ0v) is 11.5. The largest absolute Gasteiger partial charge is 0.419 e. The van der Waals surface area contributed by atoms with E-state index < -0.39 is 23.6 Å². The van der Waals surface area contributed by atoms with Gasteiger partial charge in [-0.2, -0.15) is 13.2 Å². The molecule has 0 spiro atoms. The van der Waals surface area contributed by atoms with Gasteiger partial charge in [-0.05, 0) is 41.8 Å². The van der Waals surface area contributed by atoms with Crippen LogP contribution in [0.5, 0.6) is 0 Å². The third-order valence-electron chi connectivity index (χ3n) is 3.10. The van der Waals surface area contributed by atoms with Gasteiger partial charge in [-0.15, -0.1) is 0 Å². The van der Waals surface area contributed by atoms with Crippen LogP contribution in [0, 0.1) is 5.82 Å². The summed E-state index contributed by atoms with van der Waals surface area (Å²) in [5.74, 6) is -1.31. The maximum atomic E-state index is 13.5. The van der Waals surface area contributed by atoms with Crippen LogP contribution in [0.1, 0.15) is 22.7 Å². The van der Waals surface area contributed by atoms with Crippen LogP contribution in [-0.2, 0) is 12.6 Å². The summed E-state index contributed by atoms with van der Waals surface area (Å²) in [4.78, 5) is 0. The summed E-state index contributed by atoms with van der Waals surface area (Å²) >= 11 is 5.76. The molecule has 0 radical (unpaired) electrons. The first kappa shape index (κ1) is 15.8. The topological polar surface area (TPSA) is 26.0 Å². The second-order valence-electron chi connectivity index (χ2n) is 4.67. The molecular formula is C15H12ClF4N. The molecule has 0 heterocycles. The van der Waals surface area contributed by atoms with Crippen LogP contribution in [0.15, 0.2) is 42.5 Å². The van der Waals surface area contributed by atoms with E-state index in [1.54, 1.807) is 24.3 Å². The van der Waals surface area contributed by atoms with Gasteiger partial charge in [0.2, 0.25) is 0 Å². The summed E-state index contributed by atoms with van der Waals surface area (Å²) in [5.41, 5.74) is 5.81. The monoisotopic (exact) mass is 317 g/mol. The van der Waals surface area contributed by atoms with Gasteiger partial charge in [-0.1, -0.05) is 29.8 Å². The van der Waals surface area contributed by atoms with E-state index in [0.717, 1.165) is 11.6 Å². The predicted molar refractivity (Wildman–Crippen MR) is 73.5 cm³/mol. The van der Waals surface area contributed by atoms with Gasteiger partial charge in [-0.3, -0.25) is 0 Å². The number of hydrogen-bond donors (Lipinski definition) is 1. The van der Waals surface area contributed by atoms with Crippen LogP contribution < -0.4 is 5.73 Å². The van der Waals surface area contributed by atoms with E-state index in [1.165, 1.54) is 6.07 Å². The number of halogens is 5. The van der Waals surface area contributed by atoms with E-state index in [4.69, 9.17) is 17.3 Å². The highest BCUT2D eigenvalue weighted by Gasteiger charge is 2.34. The van der Waals surface area contributed by atoms with E-state index in [2.05, 4.69) is 0 Å². The third kappa shape index (κ3) is 3.95. The molecule has 1 atom stereocenters. The molecule has 0 aliphatic carbocycles. The number of hydrogen-bond acceptors (Lipinski definition) is 1. The highest BCUT2D eigenvalue weighted by atomic mass is 35.5. The molecule has 0 amide bonds. The van der Waals surface area contributed by atoms with Crippen LogP contribution in [0.4, 0.5) is 17.6 Å². The first-order valence-electron chi connectivity index (χ1n) is 6.14. The summed E-state index contributed by atoms with van der Waals surface area (Å²) in [5, 5.41) is 0.577. The Balaban J connectivity index is 2.18. The van der Waals surface area contributed by atoms with Crippen molar-refractivity contribution in [3.63, 3.8) is 0 Å². The molecule has 0 aliphatic rings. The number of alkyl halides is 3. The fourth-order valence-electron chi connectivity index (χ4n) is 1.98. The van der Waals surface area contributed by atoms with E-state index >= 15 is 0 Å². The van der Waals surface area contributed by atoms with Crippen molar-refractivity contribution in [2.24, 2.45) is 5.73 Å². The molecular weight excluding hydrogens is 306 g/mol. The number of benzene rings is 2. The molecule has 2 rings (SSSR count). The van der Waals surface area contributed by atoms with E-state index in [0.29, 0.717) is 23.1 Å². The average molecular weight is 318 g/mol. The van der Waals surface area contributed by atoms with E-state index in [9.17, 15) is 17.6 Å². The molecule has 1 nitrogen and oxygen atoms in total. The highest BCUT2D eigenvalue weighted by molar-refractivity contribution is 6.30. The Morgan fingerprint density at radius 1 is 1.05 bits per heavy atom. The Hall–Kier alpha value is -1.59. The van der Waals surface area contributed by atoms with Gasteiger partial charge in [0.1, 0.15) is 5.82 Å². The molecule has 2 N–H and O–H groups in total. The van der Waals surface area contributed by atoms with E-state index in [1.807, 2.05) is 0 Å². The molecule has 0 saturated carbocycles. The lowest BCUT2D eigenvalue weighted by Crippen LogP contribution is -2.15. The highest BCUT2D eigenvalue weighted by Crippen LogP contribution is 2.32. The molecule has 0 bridgehead atoms. The van der Waals surface area contributed by atoms with Crippen molar-refractivity contribution < 1.29 is 17.6 Å². The summed E-state index contributed by atoms with van der Waals surface area (Å²) in [6.07, 6.45) is -4.33. The van der Waals surface area contributed by atoms with Crippen LogP contribution in [0.3, 0.4) is 0 Å². The summed E-state index contributed by atoms with van der Waals surface area (Å²) in [6, 6.07) is 9.07. The standard InChI is InChI=1S/C15H12ClF4N/c16-11-4-1-9(2-5-11)7-14(21)10-3-6-12(13(17)8-10)15(18,19)20/h1-6,8,14H,7,21H2. The molecule has 1 unspecified atom stereocenters. The number of nitrogens with two attached hydrogens (primary N) is 1. The Morgan fingerprint density at radius 3 is 2.19 bits per heavy atom. The van der Waals surface area contributed by atoms with Gasteiger partial charge in [0.05, 0.1) is 5.56 Å². The second kappa shape index (κ2) is 6.03. The zero-order chi connectivity index (χ0) is 15.6. The molecule has 2 aromatic carbocycles. The molecule has 2 aromatic rings. The maximum Gasteiger partial charge on any atom is 0.419 e. The normalized spacial score (nSPS) is 13.2. The van der Waals surface area contributed by atoms with Crippen LogP contribution in [-0.4, -0.2) is 0 Å². The molecule has 0 fully saturated rings. The zero-order valence-electron chi connectivity index (χ0n) is 10.8. The number of rotatable bonds is 3. The van der Waals surface area contributed by atoms with Gasteiger partial charge in [0, 0.05) is 11.1 Å². The Kier molecular flexibility index (Phi) is 4.54. The quantitative estimate of drug-likeness (QED) is 0.813. The minimum atomic E-state index is -4.71. The molecule has 21 heavy (non-hydrogen) atoms. The summed E-state index contributed by atoms with van der Waals surface area (Å²) in [7, 11) is 0. The third-order valence-corrected chi connectivity index (χ3v) is 3.35. The van der Waals surface area contributed by atoms with Crippen LogP contribution in [0.25, 0.3) is 0 Å². The lowest BCUT2D eigenvalue weighted by atomic mass is 9.98. The van der Waals surface area contributed by atoms with Crippen molar-refractivity contribution in [2.75, 3.05) is 0 Å². The minimum absolute atomic E-state index is 0.315. The van der Waals surface area contributed by atoms with Crippen molar-refractivity contribution in [3.8, 4) is 0 Å². The predicted octanol–water partition coefficient (Wildman–Crippen LogP) is 4.74. The van der Waals surface area contributed by atoms with Crippen LogP contribution >= 0.6 is 11.6 Å². The van der Waals surface area contributed by atoms with Crippen molar-refractivity contribution >= 4 is 11.6 Å². The van der Waals surface area contributed by atoms with E-state index in [-0.39, 0.29) is 0 Å². The van der Waals surface area contributed by atoms with Crippen molar-refractivity contribution in [3.05, 3.63) is 70.0 Å². The van der Waals surface area contributed by atoms with Crippen LogP contribution in [0.2, 0.25) is 5.02 Å².